The second-order valence-electron chi connectivity index (χ2n) is 5.59. The summed E-state index contributed by atoms with van der Waals surface area (Å²) in [6, 6.07) is 18.7. The highest BCUT2D eigenvalue weighted by molar-refractivity contribution is 5.76. The number of nitrogens with zero attached hydrogens (tertiary/aromatic N) is 2. The van der Waals surface area contributed by atoms with Gasteiger partial charge in [-0.25, -0.2) is 4.68 Å². The highest BCUT2D eigenvalue weighted by atomic mass is 15.3. The SMILES string of the molecule is Cc1ccc(-n2ncc(NCCCN)c2-c2ccccc2)cc1. The van der Waals surface area contributed by atoms with Gasteiger partial charge in [0.15, 0.2) is 0 Å². The molecule has 4 heteroatoms. The molecule has 23 heavy (non-hydrogen) atoms. The topological polar surface area (TPSA) is 55.9 Å². The van der Waals surface area contributed by atoms with E-state index in [1.54, 1.807) is 0 Å². The van der Waals surface area contributed by atoms with E-state index < -0.39 is 0 Å². The molecule has 0 saturated heterocycles. The minimum Gasteiger partial charge on any atom is -0.382 e. The van der Waals surface area contributed by atoms with Gasteiger partial charge in [0.05, 0.1) is 23.3 Å². The minimum absolute atomic E-state index is 0.680. The Bertz CT molecular complexity index is 745. The lowest BCUT2D eigenvalue weighted by atomic mass is 10.1. The molecule has 0 bridgehead atoms. The molecule has 3 N–H and O–H groups in total. The number of hydrogen-bond donors (Lipinski definition) is 2. The lowest BCUT2D eigenvalue weighted by Crippen LogP contribution is -2.09. The molecule has 0 atom stereocenters. The number of anilines is 1. The highest BCUT2D eigenvalue weighted by Gasteiger charge is 2.14. The zero-order chi connectivity index (χ0) is 16.1. The maximum Gasteiger partial charge on any atom is 0.0972 e. The van der Waals surface area contributed by atoms with Crippen LogP contribution < -0.4 is 11.1 Å². The molecule has 0 amide bonds. The fourth-order valence-corrected chi connectivity index (χ4v) is 2.56. The normalized spacial score (nSPS) is 10.7. The molecule has 3 aromatic rings. The first kappa shape index (κ1) is 15.3. The standard InChI is InChI=1S/C19H22N4/c1-15-8-10-17(11-9-15)23-19(16-6-3-2-4-7-16)18(14-22-23)21-13-5-12-20/h2-4,6-11,14,21H,5,12-13,20H2,1H3. The Morgan fingerprint density at radius 2 is 1.78 bits per heavy atom. The average molecular weight is 306 g/mol. The van der Waals surface area contributed by atoms with Crippen molar-refractivity contribution in [1.29, 1.82) is 0 Å². The number of nitrogens with two attached hydrogens (primary N) is 1. The maximum atomic E-state index is 5.59. The Labute approximate surface area is 137 Å². The molecule has 118 valence electrons. The first-order valence-corrected chi connectivity index (χ1v) is 7.94. The van der Waals surface area contributed by atoms with Crippen LogP contribution in [0.25, 0.3) is 16.9 Å². The molecule has 0 aliphatic rings. The summed E-state index contributed by atoms with van der Waals surface area (Å²) in [5.41, 5.74) is 11.1. The number of rotatable bonds is 6. The van der Waals surface area contributed by atoms with Crippen LogP contribution in [0.4, 0.5) is 5.69 Å². The fourth-order valence-electron chi connectivity index (χ4n) is 2.56. The summed E-state index contributed by atoms with van der Waals surface area (Å²) in [5, 5.41) is 8.04. The predicted octanol–water partition coefficient (Wildman–Crippen LogP) is 3.61. The highest BCUT2D eigenvalue weighted by Crippen LogP contribution is 2.30. The van der Waals surface area contributed by atoms with Crippen molar-refractivity contribution < 1.29 is 0 Å². The van der Waals surface area contributed by atoms with Crippen molar-refractivity contribution in [3.05, 3.63) is 66.4 Å². The smallest absolute Gasteiger partial charge is 0.0972 e. The molecular formula is C19H22N4. The van der Waals surface area contributed by atoms with Crippen LogP contribution in [0.1, 0.15) is 12.0 Å². The van der Waals surface area contributed by atoms with Crippen LogP contribution in [-0.2, 0) is 0 Å². The molecule has 0 unspecified atom stereocenters. The third-order valence-electron chi connectivity index (χ3n) is 3.79. The average Bonchev–Trinajstić information content (AvgIpc) is 3.00. The largest absolute Gasteiger partial charge is 0.382 e. The second kappa shape index (κ2) is 7.11. The van der Waals surface area contributed by atoms with Gasteiger partial charge < -0.3 is 11.1 Å². The molecular weight excluding hydrogens is 284 g/mol. The lowest BCUT2D eigenvalue weighted by Gasteiger charge is -2.11. The van der Waals surface area contributed by atoms with Crippen LogP contribution in [0.5, 0.6) is 0 Å². The van der Waals surface area contributed by atoms with Gasteiger partial charge in [0.25, 0.3) is 0 Å². The van der Waals surface area contributed by atoms with Gasteiger partial charge in [-0.2, -0.15) is 5.10 Å². The quantitative estimate of drug-likeness (QED) is 0.684. The molecule has 0 radical (unpaired) electrons. The molecule has 0 aliphatic carbocycles. The van der Waals surface area contributed by atoms with E-state index in [4.69, 9.17) is 5.73 Å². The summed E-state index contributed by atoms with van der Waals surface area (Å²) in [6.45, 7) is 3.61. The Morgan fingerprint density at radius 1 is 1.04 bits per heavy atom. The van der Waals surface area contributed by atoms with Crippen molar-refractivity contribution in [2.75, 3.05) is 18.4 Å². The summed E-state index contributed by atoms with van der Waals surface area (Å²) >= 11 is 0. The summed E-state index contributed by atoms with van der Waals surface area (Å²) in [5.74, 6) is 0. The molecule has 2 aromatic carbocycles. The third-order valence-corrected chi connectivity index (χ3v) is 3.79. The van der Waals surface area contributed by atoms with E-state index in [-0.39, 0.29) is 0 Å². The van der Waals surface area contributed by atoms with Gasteiger partial charge in [0, 0.05) is 12.1 Å². The number of hydrogen-bond acceptors (Lipinski definition) is 3. The van der Waals surface area contributed by atoms with Crippen LogP contribution in [0.3, 0.4) is 0 Å². The zero-order valence-corrected chi connectivity index (χ0v) is 13.4. The van der Waals surface area contributed by atoms with E-state index in [0.717, 1.165) is 35.6 Å². The minimum atomic E-state index is 0.680. The van der Waals surface area contributed by atoms with Crippen molar-refractivity contribution in [3.63, 3.8) is 0 Å². The summed E-state index contributed by atoms with van der Waals surface area (Å²) in [4.78, 5) is 0. The van der Waals surface area contributed by atoms with E-state index >= 15 is 0 Å². The first-order valence-electron chi connectivity index (χ1n) is 7.94. The van der Waals surface area contributed by atoms with E-state index in [9.17, 15) is 0 Å². The summed E-state index contributed by atoms with van der Waals surface area (Å²) in [7, 11) is 0. The lowest BCUT2D eigenvalue weighted by molar-refractivity contribution is 0.874. The van der Waals surface area contributed by atoms with Gasteiger partial charge in [0.2, 0.25) is 0 Å². The van der Waals surface area contributed by atoms with Crippen molar-refractivity contribution in [2.45, 2.75) is 13.3 Å². The summed E-state index contributed by atoms with van der Waals surface area (Å²) in [6.07, 6.45) is 2.82. The molecule has 0 aliphatic heterocycles. The predicted molar refractivity (Wildman–Crippen MR) is 95.9 cm³/mol. The van der Waals surface area contributed by atoms with Gasteiger partial charge in [-0.05, 0) is 32.0 Å². The van der Waals surface area contributed by atoms with Crippen LogP contribution >= 0.6 is 0 Å². The number of aryl methyl sites for hydroxylation is 1. The molecule has 1 heterocycles. The first-order chi connectivity index (χ1) is 11.3. The van der Waals surface area contributed by atoms with Crippen LogP contribution in [0, 0.1) is 6.92 Å². The fraction of sp³-hybridized carbons (Fsp3) is 0.211. The summed E-state index contributed by atoms with van der Waals surface area (Å²) < 4.78 is 1.99. The van der Waals surface area contributed by atoms with Gasteiger partial charge in [-0.15, -0.1) is 0 Å². The molecule has 0 saturated carbocycles. The van der Waals surface area contributed by atoms with E-state index in [1.165, 1.54) is 5.56 Å². The Hall–Kier alpha value is -2.59. The maximum absolute atomic E-state index is 5.59. The Balaban J connectivity index is 2.04. The van der Waals surface area contributed by atoms with E-state index in [0.29, 0.717) is 6.54 Å². The molecule has 0 spiro atoms. The van der Waals surface area contributed by atoms with Crippen molar-refractivity contribution in [3.8, 4) is 16.9 Å². The number of benzene rings is 2. The second-order valence-corrected chi connectivity index (χ2v) is 5.59. The van der Waals surface area contributed by atoms with E-state index in [1.807, 2.05) is 29.1 Å². The zero-order valence-electron chi connectivity index (χ0n) is 13.4. The third kappa shape index (κ3) is 3.43. The number of nitrogens with one attached hydrogen (secondary N) is 1. The number of aromatic nitrogens is 2. The van der Waals surface area contributed by atoms with Crippen molar-refractivity contribution in [2.24, 2.45) is 5.73 Å². The van der Waals surface area contributed by atoms with Crippen molar-refractivity contribution in [1.82, 2.24) is 9.78 Å². The van der Waals surface area contributed by atoms with Crippen LogP contribution in [-0.4, -0.2) is 22.9 Å². The Morgan fingerprint density at radius 3 is 2.48 bits per heavy atom. The molecule has 3 rings (SSSR count). The van der Waals surface area contributed by atoms with Gasteiger partial charge in [-0.3, -0.25) is 0 Å². The monoisotopic (exact) mass is 306 g/mol. The van der Waals surface area contributed by atoms with Crippen LogP contribution in [0.2, 0.25) is 0 Å². The molecule has 4 nitrogen and oxygen atoms in total. The van der Waals surface area contributed by atoms with Gasteiger partial charge in [0.1, 0.15) is 0 Å². The Kier molecular flexibility index (Phi) is 4.74. The van der Waals surface area contributed by atoms with Crippen LogP contribution in [0.15, 0.2) is 60.8 Å². The molecule has 0 fully saturated rings. The van der Waals surface area contributed by atoms with E-state index in [2.05, 4.69) is 53.7 Å². The molecule has 1 aromatic heterocycles. The van der Waals surface area contributed by atoms with Gasteiger partial charge in [-0.1, -0.05) is 48.0 Å². The van der Waals surface area contributed by atoms with Gasteiger partial charge >= 0.3 is 0 Å². The van der Waals surface area contributed by atoms with Crippen molar-refractivity contribution >= 4 is 5.69 Å².